The monoisotopic (exact) mass is 194 g/mol. The Kier molecular flexibility index (Phi) is 4.56. The number of aromatic nitrogens is 1. The van der Waals surface area contributed by atoms with Gasteiger partial charge >= 0.3 is 0 Å². The van der Waals surface area contributed by atoms with E-state index in [-0.39, 0.29) is 6.10 Å². The summed E-state index contributed by atoms with van der Waals surface area (Å²) in [4.78, 5) is 6.18. The fourth-order valence-corrected chi connectivity index (χ4v) is 1.43. The number of aliphatic hydroxyl groups excluding tert-OH is 1. The minimum absolute atomic E-state index is 0.267. The van der Waals surface area contributed by atoms with Gasteiger partial charge in [0.2, 0.25) is 0 Å². The zero-order valence-electron chi connectivity index (χ0n) is 8.85. The van der Waals surface area contributed by atoms with E-state index in [1.165, 1.54) is 5.56 Å². The molecule has 0 radical (unpaired) electrons. The van der Waals surface area contributed by atoms with Crippen LogP contribution in [0.15, 0.2) is 24.5 Å². The van der Waals surface area contributed by atoms with Crippen LogP contribution in [0, 0.1) is 0 Å². The second kappa shape index (κ2) is 5.73. The minimum atomic E-state index is -0.267. The smallest absolute Gasteiger partial charge is 0.0639 e. The number of hydrogen-bond donors (Lipinski definition) is 1. The van der Waals surface area contributed by atoms with E-state index in [0.717, 1.165) is 19.6 Å². The van der Waals surface area contributed by atoms with Crippen LogP contribution >= 0.6 is 0 Å². The van der Waals surface area contributed by atoms with Gasteiger partial charge in [-0.05, 0) is 31.2 Å². The van der Waals surface area contributed by atoms with Crippen molar-refractivity contribution < 1.29 is 5.11 Å². The van der Waals surface area contributed by atoms with Gasteiger partial charge in [0, 0.05) is 25.5 Å². The van der Waals surface area contributed by atoms with Crippen molar-refractivity contribution in [1.82, 2.24) is 9.88 Å². The van der Waals surface area contributed by atoms with E-state index in [1.807, 2.05) is 19.1 Å². The maximum Gasteiger partial charge on any atom is 0.0639 e. The van der Waals surface area contributed by atoms with Crippen LogP contribution in [-0.4, -0.2) is 34.2 Å². The Morgan fingerprint density at radius 1 is 1.43 bits per heavy atom. The maximum absolute atomic E-state index is 9.28. The molecule has 1 N–H and O–H groups in total. The molecule has 1 atom stereocenters. The number of pyridine rings is 1. The highest BCUT2D eigenvalue weighted by Gasteiger charge is 2.06. The van der Waals surface area contributed by atoms with Crippen molar-refractivity contribution in [2.75, 3.05) is 13.1 Å². The Labute approximate surface area is 85.4 Å². The lowest BCUT2D eigenvalue weighted by Gasteiger charge is -2.21. The lowest BCUT2D eigenvalue weighted by Crippen LogP contribution is -2.30. The fraction of sp³-hybridized carbons (Fsp3) is 0.545. The molecule has 0 saturated carbocycles. The Hall–Kier alpha value is -0.930. The topological polar surface area (TPSA) is 36.4 Å². The molecule has 0 spiro atoms. The van der Waals surface area contributed by atoms with Gasteiger partial charge in [0.25, 0.3) is 0 Å². The number of aliphatic hydroxyl groups is 1. The van der Waals surface area contributed by atoms with Crippen LogP contribution in [0.4, 0.5) is 0 Å². The van der Waals surface area contributed by atoms with Gasteiger partial charge < -0.3 is 5.11 Å². The van der Waals surface area contributed by atoms with Crippen LogP contribution in [0.25, 0.3) is 0 Å². The van der Waals surface area contributed by atoms with E-state index < -0.39 is 0 Å². The van der Waals surface area contributed by atoms with Crippen LogP contribution in [-0.2, 0) is 6.54 Å². The summed E-state index contributed by atoms with van der Waals surface area (Å²) in [5.74, 6) is 0. The first-order chi connectivity index (χ1) is 6.72. The van der Waals surface area contributed by atoms with E-state index in [2.05, 4.69) is 16.8 Å². The molecule has 14 heavy (non-hydrogen) atoms. The molecule has 1 rings (SSSR count). The molecule has 78 valence electrons. The van der Waals surface area contributed by atoms with Crippen molar-refractivity contribution in [3.63, 3.8) is 0 Å². The summed E-state index contributed by atoms with van der Waals surface area (Å²) in [7, 11) is 0. The summed E-state index contributed by atoms with van der Waals surface area (Å²) < 4.78 is 0. The predicted octanol–water partition coefficient (Wildman–Crippen LogP) is 1.28. The normalized spacial score (nSPS) is 13.1. The van der Waals surface area contributed by atoms with Gasteiger partial charge in [-0.15, -0.1) is 0 Å². The zero-order valence-corrected chi connectivity index (χ0v) is 8.85. The van der Waals surface area contributed by atoms with Crippen molar-refractivity contribution in [2.45, 2.75) is 26.5 Å². The molecule has 1 heterocycles. The van der Waals surface area contributed by atoms with Crippen LogP contribution < -0.4 is 0 Å². The molecule has 0 aromatic carbocycles. The Morgan fingerprint density at radius 2 is 2.07 bits per heavy atom. The molecule has 1 aromatic heterocycles. The van der Waals surface area contributed by atoms with Gasteiger partial charge in [-0.3, -0.25) is 9.88 Å². The Morgan fingerprint density at radius 3 is 2.57 bits per heavy atom. The second-order valence-electron chi connectivity index (χ2n) is 3.53. The van der Waals surface area contributed by atoms with Gasteiger partial charge in [-0.25, -0.2) is 0 Å². The zero-order chi connectivity index (χ0) is 10.4. The molecule has 0 fully saturated rings. The lowest BCUT2D eigenvalue weighted by atomic mass is 10.2. The number of hydrogen-bond acceptors (Lipinski definition) is 3. The average molecular weight is 194 g/mol. The molecule has 0 bridgehead atoms. The average Bonchev–Trinajstić information content (AvgIpc) is 2.17. The van der Waals surface area contributed by atoms with E-state index in [1.54, 1.807) is 12.4 Å². The molecule has 0 amide bonds. The third-order valence-electron chi connectivity index (χ3n) is 2.13. The Balaban J connectivity index is 2.48. The van der Waals surface area contributed by atoms with Crippen molar-refractivity contribution in [3.8, 4) is 0 Å². The molecule has 0 aliphatic heterocycles. The number of rotatable bonds is 5. The summed E-state index contributed by atoms with van der Waals surface area (Å²) in [6.07, 6.45) is 3.33. The molecule has 3 heteroatoms. The van der Waals surface area contributed by atoms with Gasteiger partial charge in [-0.2, -0.15) is 0 Å². The fourth-order valence-electron chi connectivity index (χ4n) is 1.43. The summed E-state index contributed by atoms with van der Waals surface area (Å²) in [6.45, 7) is 6.47. The third-order valence-corrected chi connectivity index (χ3v) is 2.13. The Bertz CT molecular complexity index is 249. The van der Waals surface area contributed by atoms with Crippen molar-refractivity contribution in [1.29, 1.82) is 0 Å². The molecule has 3 nitrogen and oxygen atoms in total. The van der Waals surface area contributed by atoms with Crippen LogP contribution in [0.3, 0.4) is 0 Å². The summed E-state index contributed by atoms with van der Waals surface area (Å²) in [5, 5.41) is 9.28. The van der Waals surface area contributed by atoms with Crippen molar-refractivity contribution >= 4 is 0 Å². The molecule has 0 saturated heterocycles. The second-order valence-corrected chi connectivity index (χ2v) is 3.53. The number of likely N-dealkylation sites (N-methyl/N-ethyl adjacent to an activating group) is 1. The van der Waals surface area contributed by atoms with Gasteiger partial charge in [0.05, 0.1) is 6.10 Å². The van der Waals surface area contributed by atoms with E-state index in [0.29, 0.717) is 0 Å². The molecular formula is C11H18N2O. The highest BCUT2D eigenvalue weighted by molar-refractivity contribution is 5.09. The summed E-state index contributed by atoms with van der Waals surface area (Å²) >= 11 is 0. The predicted molar refractivity (Wildman–Crippen MR) is 56.9 cm³/mol. The molecule has 1 aromatic rings. The highest BCUT2D eigenvalue weighted by Crippen LogP contribution is 2.03. The first kappa shape index (κ1) is 11.1. The SMILES string of the molecule is CCN(Cc1ccncc1)CC(C)O. The van der Waals surface area contributed by atoms with Crippen molar-refractivity contribution in [2.24, 2.45) is 0 Å². The molecule has 0 aliphatic carbocycles. The van der Waals surface area contributed by atoms with Crippen LogP contribution in [0.5, 0.6) is 0 Å². The van der Waals surface area contributed by atoms with Gasteiger partial charge in [-0.1, -0.05) is 6.92 Å². The highest BCUT2D eigenvalue weighted by atomic mass is 16.3. The maximum atomic E-state index is 9.28. The minimum Gasteiger partial charge on any atom is -0.392 e. The molecule has 1 unspecified atom stereocenters. The quantitative estimate of drug-likeness (QED) is 0.767. The molecular weight excluding hydrogens is 176 g/mol. The van der Waals surface area contributed by atoms with Gasteiger partial charge in [0.15, 0.2) is 0 Å². The largest absolute Gasteiger partial charge is 0.392 e. The van der Waals surface area contributed by atoms with E-state index in [4.69, 9.17) is 0 Å². The first-order valence-corrected chi connectivity index (χ1v) is 5.01. The number of nitrogens with zero attached hydrogens (tertiary/aromatic N) is 2. The van der Waals surface area contributed by atoms with E-state index >= 15 is 0 Å². The summed E-state index contributed by atoms with van der Waals surface area (Å²) in [6, 6.07) is 4.01. The van der Waals surface area contributed by atoms with Gasteiger partial charge in [0.1, 0.15) is 0 Å². The first-order valence-electron chi connectivity index (χ1n) is 5.01. The summed E-state index contributed by atoms with van der Waals surface area (Å²) in [5.41, 5.74) is 1.24. The van der Waals surface area contributed by atoms with Crippen LogP contribution in [0.1, 0.15) is 19.4 Å². The standard InChI is InChI=1S/C11H18N2O/c1-3-13(8-10(2)14)9-11-4-6-12-7-5-11/h4-7,10,14H,3,8-9H2,1-2H3. The van der Waals surface area contributed by atoms with Crippen LogP contribution in [0.2, 0.25) is 0 Å². The third kappa shape index (κ3) is 3.85. The molecule has 0 aliphatic rings. The lowest BCUT2D eigenvalue weighted by molar-refractivity contribution is 0.126. The van der Waals surface area contributed by atoms with E-state index in [9.17, 15) is 5.11 Å². The van der Waals surface area contributed by atoms with Crippen molar-refractivity contribution in [3.05, 3.63) is 30.1 Å².